The summed E-state index contributed by atoms with van der Waals surface area (Å²) in [5.41, 5.74) is 0.0699. The average Bonchev–Trinajstić information content (AvgIpc) is 2.49. The first-order valence-electron chi connectivity index (χ1n) is 6.14. The largest absolute Gasteiger partial charge is 0.375 e. The van der Waals surface area contributed by atoms with E-state index in [-0.39, 0.29) is 5.60 Å². The summed E-state index contributed by atoms with van der Waals surface area (Å²) in [6.07, 6.45) is 3.62. The van der Waals surface area contributed by atoms with Gasteiger partial charge in [0.2, 0.25) is 0 Å². The molecule has 2 aliphatic rings. The second-order valence-electron chi connectivity index (χ2n) is 5.71. The maximum atomic E-state index is 5.73. The zero-order chi connectivity index (χ0) is 10.9. The molecule has 0 aliphatic carbocycles. The summed E-state index contributed by atoms with van der Waals surface area (Å²) in [6, 6.07) is 1.36. The summed E-state index contributed by atoms with van der Waals surface area (Å²) < 4.78 is 5.73. The molecule has 2 heterocycles. The van der Waals surface area contributed by atoms with Crippen LogP contribution < -0.4 is 5.32 Å². The minimum atomic E-state index is 0.0699. The molecule has 0 aromatic carbocycles. The molecular weight excluding hydrogens is 188 g/mol. The number of hydrogen-bond donors (Lipinski definition) is 1. The summed E-state index contributed by atoms with van der Waals surface area (Å²) in [7, 11) is 2.20. The Kier molecular flexibility index (Phi) is 3.33. The molecule has 2 atom stereocenters. The van der Waals surface area contributed by atoms with E-state index in [0.29, 0.717) is 12.1 Å². The standard InChI is InChI=1S/C12H24N2O/c1-12(2)8-10(5-7-15-12)13-11-4-6-14(3)9-11/h10-11,13H,4-9H2,1-3H3. The van der Waals surface area contributed by atoms with Gasteiger partial charge in [-0.1, -0.05) is 0 Å². The Labute approximate surface area is 93.2 Å². The Morgan fingerprint density at radius 3 is 2.67 bits per heavy atom. The van der Waals surface area contributed by atoms with Gasteiger partial charge in [-0.2, -0.15) is 0 Å². The Bertz CT molecular complexity index is 218. The number of nitrogens with one attached hydrogen (secondary N) is 1. The molecular formula is C12H24N2O. The first kappa shape index (κ1) is 11.4. The quantitative estimate of drug-likeness (QED) is 0.745. The minimum Gasteiger partial charge on any atom is -0.375 e. The molecule has 15 heavy (non-hydrogen) atoms. The van der Waals surface area contributed by atoms with Crippen LogP contribution in [0.1, 0.15) is 33.1 Å². The lowest BCUT2D eigenvalue weighted by atomic mass is 9.93. The fourth-order valence-electron chi connectivity index (χ4n) is 2.78. The molecule has 2 rings (SSSR count). The van der Waals surface area contributed by atoms with E-state index < -0.39 is 0 Å². The van der Waals surface area contributed by atoms with Gasteiger partial charge in [-0.15, -0.1) is 0 Å². The van der Waals surface area contributed by atoms with Crippen molar-refractivity contribution < 1.29 is 4.74 Å². The van der Waals surface area contributed by atoms with Gasteiger partial charge in [-0.25, -0.2) is 0 Å². The lowest BCUT2D eigenvalue weighted by molar-refractivity contribution is -0.0639. The van der Waals surface area contributed by atoms with Gasteiger partial charge in [-0.3, -0.25) is 0 Å². The molecule has 1 N–H and O–H groups in total. The molecule has 0 bridgehead atoms. The van der Waals surface area contributed by atoms with Crippen LogP contribution in [-0.4, -0.2) is 49.3 Å². The van der Waals surface area contributed by atoms with E-state index in [1.165, 1.54) is 25.9 Å². The topological polar surface area (TPSA) is 24.5 Å². The molecule has 2 aliphatic heterocycles. The highest BCUT2D eigenvalue weighted by Crippen LogP contribution is 2.24. The van der Waals surface area contributed by atoms with E-state index in [4.69, 9.17) is 4.74 Å². The van der Waals surface area contributed by atoms with Crippen LogP contribution in [0, 0.1) is 0 Å². The van der Waals surface area contributed by atoms with Crippen molar-refractivity contribution in [3.63, 3.8) is 0 Å². The lowest BCUT2D eigenvalue weighted by Crippen LogP contribution is -2.47. The number of rotatable bonds is 2. The Morgan fingerprint density at radius 1 is 1.27 bits per heavy atom. The third kappa shape index (κ3) is 3.16. The van der Waals surface area contributed by atoms with Crippen LogP contribution in [0.15, 0.2) is 0 Å². The van der Waals surface area contributed by atoms with Crippen molar-refractivity contribution in [2.75, 3.05) is 26.7 Å². The number of hydrogen-bond acceptors (Lipinski definition) is 3. The van der Waals surface area contributed by atoms with Gasteiger partial charge >= 0.3 is 0 Å². The van der Waals surface area contributed by atoms with Gasteiger partial charge in [0.15, 0.2) is 0 Å². The minimum absolute atomic E-state index is 0.0699. The van der Waals surface area contributed by atoms with Crippen LogP contribution in [0.5, 0.6) is 0 Å². The first-order valence-corrected chi connectivity index (χ1v) is 6.14. The van der Waals surface area contributed by atoms with Crippen molar-refractivity contribution in [1.29, 1.82) is 0 Å². The van der Waals surface area contributed by atoms with Gasteiger partial charge in [0, 0.05) is 25.2 Å². The monoisotopic (exact) mass is 212 g/mol. The smallest absolute Gasteiger partial charge is 0.0641 e. The van der Waals surface area contributed by atoms with E-state index in [2.05, 4.69) is 31.1 Å². The molecule has 3 nitrogen and oxygen atoms in total. The molecule has 0 aromatic heterocycles. The summed E-state index contributed by atoms with van der Waals surface area (Å²) in [4.78, 5) is 2.40. The van der Waals surface area contributed by atoms with E-state index in [0.717, 1.165) is 13.0 Å². The third-order valence-corrected chi connectivity index (χ3v) is 3.56. The number of likely N-dealkylation sites (tertiary alicyclic amines) is 1. The molecule has 0 amide bonds. The maximum absolute atomic E-state index is 5.73. The van der Waals surface area contributed by atoms with Crippen molar-refractivity contribution in [3.05, 3.63) is 0 Å². The highest BCUT2D eigenvalue weighted by Gasteiger charge is 2.31. The van der Waals surface area contributed by atoms with E-state index in [1.54, 1.807) is 0 Å². The molecule has 0 saturated carbocycles. The summed E-state index contributed by atoms with van der Waals surface area (Å²) in [6.45, 7) is 7.75. The predicted octanol–water partition coefficient (Wildman–Crippen LogP) is 1.24. The molecule has 0 aromatic rings. The van der Waals surface area contributed by atoms with Crippen LogP contribution in [0.2, 0.25) is 0 Å². The second kappa shape index (κ2) is 4.40. The Balaban J connectivity index is 1.79. The van der Waals surface area contributed by atoms with Crippen LogP contribution >= 0.6 is 0 Å². The molecule has 0 spiro atoms. The Hall–Kier alpha value is -0.120. The van der Waals surface area contributed by atoms with E-state index in [1.807, 2.05) is 0 Å². The van der Waals surface area contributed by atoms with Crippen LogP contribution in [0.4, 0.5) is 0 Å². The predicted molar refractivity (Wildman–Crippen MR) is 62.1 cm³/mol. The lowest BCUT2D eigenvalue weighted by Gasteiger charge is -2.37. The average molecular weight is 212 g/mol. The van der Waals surface area contributed by atoms with Gasteiger partial charge in [0.25, 0.3) is 0 Å². The van der Waals surface area contributed by atoms with Gasteiger partial charge in [0.05, 0.1) is 5.60 Å². The van der Waals surface area contributed by atoms with Crippen LogP contribution in [0.25, 0.3) is 0 Å². The molecule has 2 saturated heterocycles. The number of nitrogens with zero attached hydrogens (tertiary/aromatic N) is 1. The number of likely N-dealkylation sites (N-methyl/N-ethyl adjacent to an activating group) is 1. The second-order valence-corrected chi connectivity index (χ2v) is 5.71. The molecule has 3 heteroatoms. The zero-order valence-corrected chi connectivity index (χ0v) is 10.3. The fourth-order valence-corrected chi connectivity index (χ4v) is 2.78. The van der Waals surface area contributed by atoms with Crippen molar-refractivity contribution in [2.45, 2.75) is 50.8 Å². The molecule has 2 fully saturated rings. The van der Waals surface area contributed by atoms with E-state index >= 15 is 0 Å². The summed E-state index contributed by atoms with van der Waals surface area (Å²) in [5.74, 6) is 0. The SMILES string of the molecule is CN1CCC(NC2CCOC(C)(C)C2)C1. The fraction of sp³-hybridized carbons (Fsp3) is 1.00. The van der Waals surface area contributed by atoms with Crippen molar-refractivity contribution in [1.82, 2.24) is 10.2 Å². The number of ether oxygens (including phenoxy) is 1. The molecule has 2 unspecified atom stereocenters. The van der Waals surface area contributed by atoms with Crippen molar-refractivity contribution in [2.24, 2.45) is 0 Å². The normalized spacial score (nSPS) is 37.0. The summed E-state index contributed by atoms with van der Waals surface area (Å²) in [5, 5.41) is 3.78. The highest BCUT2D eigenvalue weighted by atomic mass is 16.5. The van der Waals surface area contributed by atoms with Crippen molar-refractivity contribution in [3.8, 4) is 0 Å². The molecule has 0 radical (unpaired) electrons. The third-order valence-electron chi connectivity index (χ3n) is 3.56. The Morgan fingerprint density at radius 2 is 2.07 bits per heavy atom. The van der Waals surface area contributed by atoms with Crippen LogP contribution in [0.3, 0.4) is 0 Å². The van der Waals surface area contributed by atoms with Gasteiger partial charge in [0.1, 0.15) is 0 Å². The van der Waals surface area contributed by atoms with Crippen LogP contribution in [-0.2, 0) is 4.74 Å². The van der Waals surface area contributed by atoms with Crippen molar-refractivity contribution >= 4 is 0 Å². The summed E-state index contributed by atoms with van der Waals surface area (Å²) >= 11 is 0. The first-order chi connectivity index (χ1) is 7.05. The zero-order valence-electron chi connectivity index (χ0n) is 10.3. The highest BCUT2D eigenvalue weighted by molar-refractivity contribution is 4.88. The maximum Gasteiger partial charge on any atom is 0.0641 e. The van der Waals surface area contributed by atoms with Gasteiger partial charge < -0.3 is 15.0 Å². The van der Waals surface area contributed by atoms with Gasteiger partial charge in [-0.05, 0) is 46.7 Å². The molecule has 88 valence electrons. The van der Waals surface area contributed by atoms with E-state index in [9.17, 15) is 0 Å².